The van der Waals surface area contributed by atoms with Gasteiger partial charge < -0.3 is 25.4 Å². The molecule has 7 nitrogen and oxygen atoms in total. The molecule has 4 N–H and O–H groups in total. The van der Waals surface area contributed by atoms with Crippen molar-refractivity contribution >= 4 is 11.8 Å². The number of benzene rings is 2. The molecule has 1 unspecified atom stereocenters. The van der Waals surface area contributed by atoms with Crippen molar-refractivity contribution in [2.24, 2.45) is 0 Å². The second-order valence-corrected chi connectivity index (χ2v) is 6.20. The predicted molar refractivity (Wildman–Crippen MR) is 104 cm³/mol. The largest absolute Gasteiger partial charge is 0.507 e. The molecule has 3 rings (SSSR count). The minimum atomic E-state index is -1.13. The summed E-state index contributed by atoms with van der Waals surface area (Å²) in [5.41, 5.74) is 1.60. The third kappa shape index (κ3) is 4.57. The zero-order chi connectivity index (χ0) is 19.9. The molecule has 1 heterocycles. The number of hydrogen-bond donors (Lipinski definition) is 4. The molecule has 28 heavy (non-hydrogen) atoms. The van der Waals surface area contributed by atoms with Gasteiger partial charge in [-0.15, -0.1) is 0 Å². The van der Waals surface area contributed by atoms with Gasteiger partial charge in [0.1, 0.15) is 11.8 Å². The lowest BCUT2D eigenvalue weighted by molar-refractivity contribution is -0.124. The number of phenols is 1. The van der Waals surface area contributed by atoms with Crippen molar-refractivity contribution in [2.45, 2.75) is 12.6 Å². The molecule has 0 spiro atoms. The molecule has 0 aliphatic heterocycles. The van der Waals surface area contributed by atoms with E-state index in [4.69, 9.17) is 0 Å². The monoisotopic (exact) mass is 379 g/mol. The van der Waals surface area contributed by atoms with E-state index in [1.165, 1.54) is 12.1 Å². The average molecular weight is 379 g/mol. The molecule has 0 aliphatic carbocycles. The lowest BCUT2D eigenvalue weighted by Gasteiger charge is -2.17. The number of hydrogen-bond acceptors (Lipinski definition) is 4. The van der Waals surface area contributed by atoms with E-state index in [9.17, 15) is 19.8 Å². The van der Waals surface area contributed by atoms with E-state index in [1.807, 2.05) is 54.9 Å². The maximum absolute atomic E-state index is 12.6. The normalized spacial score (nSPS) is 11.6. The highest BCUT2D eigenvalue weighted by atomic mass is 16.3. The van der Waals surface area contributed by atoms with Crippen molar-refractivity contribution in [3.05, 3.63) is 84.2 Å². The van der Waals surface area contributed by atoms with Crippen molar-refractivity contribution in [1.82, 2.24) is 15.2 Å². The molecule has 2 amide bonds. The molecule has 0 radical (unpaired) electrons. The molecular weight excluding hydrogens is 358 g/mol. The summed E-state index contributed by atoms with van der Waals surface area (Å²) >= 11 is 0. The van der Waals surface area contributed by atoms with Crippen molar-refractivity contribution in [3.63, 3.8) is 0 Å². The molecule has 1 atom stereocenters. The van der Waals surface area contributed by atoms with Gasteiger partial charge in [-0.3, -0.25) is 9.59 Å². The topological polar surface area (TPSA) is 104 Å². The van der Waals surface area contributed by atoms with Gasteiger partial charge in [0.25, 0.3) is 5.91 Å². The standard InChI is InChI=1S/C21H21N3O4/c25-14-18(21(28)22-13-15-6-2-1-3-7-15)23-20(27)17-12-16(8-9-19(17)26)24-10-4-5-11-24/h1-12,18,25-26H,13-14H2,(H,22,28)(H,23,27). The maximum atomic E-state index is 12.6. The van der Waals surface area contributed by atoms with Gasteiger partial charge in [0.15, 0.2) is 0 Å². The third-order valence-corrected chi connectivity index (χ3v) is 4.24. The Bertz CT molecular complexity index is 940. The number of nitrogens with zero attached hydrogens (tertiary/aromatic N) is 1. The number of aliphatic hydroxyl groups is 1. The van der Waals surface area contributed by atoms with E-state index in [0.29, 0.717) is 5.69 Å². The van der Waals surface area contributed by atoms with E-state index < -0.39 is 24.5 Å². The molecule has 0 fully saturated rings. The minimum Gasteiger partial charge on any atom is -0.507 e. The minimum absolute atomic E-state index is 0.0144. The van der Waals surface area contributed by atoms with Crippen molar-refractivity contribution in [2.75, 3.05) is 6.61 Å². The highest BCUT2D eigenvalue weighted by Crippen LogP contribution is 2.21. The fourth-order valence-electron chi connectivity index (χ4n) is 2.71. The highest BCUT2D eigenvalue weighted by Gasteiger charge is 2.22. The van der Waals surface area contributed by atoms with Crippen molar-refractivity contribution in [1.29, 1.82) is 0 Å². The summed E-state index contributed by atoms with van der Waals surface area (Å²) < 4.78 is 1.78. The fourth-order valence-corrected chi connectivity index (χ4v) is 2.71. The fraction of sp³-hybridized carbons (Fsp3) is 0.143. The van der Waals surface area contributed by atoms with Crippen LogP contribution in [0.4, 0.5) is 0 Å². The van der Waals surface area contributed by atoms with E-state index >= 15 is 0 Å². The summed E-state index contributed by atoms with van der Waals surface area (Å²) in [7, 11) is 0. The number of nitrogens with one attached hydrogen (secondary N) is 2. The van der Waals surface area contributed by atoms with E-state index in [-0.39, 0.29) is 17.9 Å². The zero-order valence-electron chi connectivity index (χ0n) is 15.1. The molecule has 0 saturated carbocycles. The van der Waals surface area contributed by atoms with Crippen LogP contribution in [-0.4, -0.2) is 39.2 Å². The second-order valence-electron chi connectivity index (χ2n) is 6.20. The van der Waals surface area contributed by atoms with Crippen LogP contribution < -0.4 is 10.6 Å². The number of aliphatic hydroxyl groups excluding tert-OH is 1. The SMILES string of the molecule is O=C(NC(CO)C(=O)NCc1ccccc1)c1cc(-n2cccc2)ccc1O. The molecule has 2 aromatic carbocycles. The number of phenolic OH excluding ortho intramolecular Hbond substituents is 1. The predicted octanol–water partition coefficient (Wildman–Crippen LogP) is 1.59. The zero-order valence-corrected chi connectivity index (χ0v) is 15.1. The van der Waals surface area contributed by atoms with Gasteiger partial charge in [0.05, 0.1) is 12.2 Å². The summed E-state index contributed by atoms with van der Waals surface area (Å²) in [5, 5.41) is 24.7. The van der Waals surface area contributed by atoms with Crippen LogP contribution in [0.3, 0.4) is 0 Å². The van der Waals surface area contributed by atoms with Crippen LogP contribution in [-0.2, 0) is 11.3 Å². The van der Waals surface area contributed by atoms with Gasteiger partial charge in [-0.1, -0.05) is 30.3 Å². The van der Waals surface area contributed by atoms with Gasteiger partial charge in [0.2, 0.25) is 5.91 Å². The Labute approximate surface area is 162 Å². The van der Waals surface area contributed by atoms with Crippen LogP contribution in [0.5, 0.6) is 5.75 Å². The molecule has 3 aromatic rings. The number of amides is 2. The molecular formula is C21H21N3O4. The molecule has 7 heteroatoms. The Hall–Kier alpha value is -3.58. The van der Waals surface area contributed by atoms with Gasteiger partial charge in [0, 0.05) is 24.6 Å². The summed E-state index contributed by atoms with van der Waals surface area (Å²) in [6, 6.07) is 16.4. The first-order chi connectivity index (χ1) is 13.6. The summed E-state index contributed by atoms with van der Waals surface area (Å²) in [5.74, 6) is -1.38. The molecule has 0 saturated heterocycles. The van der Waals surface area contributed by atoms with Crippen LogP contribution in [0.25, 0.3) is 5.69 Å². The Morgan fingerprint density at radius 3 is 2.39 bits per heavy atom. The summed E-state index contributed by atoms with van der Waals surface area (Å²) in [6.45, 7) is -0.287. The van der Waals surface area contributed by atoms with Gasteiger partial charge in [-0.05, 0) is 35.9 Å². The number of carbonyl (C=O) groups is 2. The van der Waals surface area contributed by atoms with Crippen LogP contribution in [0.1, 0.15) is 15.9 Å². The number of carbonyl (C=O) groups excluding carboxylic acids is 2. The van der Waals surface area contributed by atoms with Crippen LogP contribution in [0, 0.1) is 0 Å². The molecule has 1 aromatic heterocycles. The Morgan fingerprint density at radius 2 is 1.71 bits per heavy atom. The third-order valence-electron chi connectivity index (χ3n) is 4.24. The van der Waals surface area contributed by atoms with E-state index in [0.717, 1.165) is 5.56 Å². The van der Waals surface area contributed by atoms with Gasteiger partial charge in [-0.2, -0.15) is 0 Å². The lowest BCUT2D eigenvalue weighted by Crippen LogP contribution is -2.48. The highest BCUT2D eigenvalue weighted by molar-refractivity contribution is 6.00. The van der Waals surface area contributed by atoms with Gasteiger partial charge in [-0.25, -0.2) is 0 Å². The summed E-state index contributed by atoms with van der Waals surface area (Å²) in [4.78, 5) is 24.9. The van der Waals surface area contributed by atoms with E-state index in [2.05, 4.69) is 10.6 Å². The first-order valence-corrected chi connectivity index (χ1v) is 8.78. The maximum Gasteiger partial charge on any atom is 0.255 e. The molecule has 0 aliphatic rings. The average Bonchev–Trinajstić information content (AvgIpc) is 3.26. The first-order valence-electron chi connectivity index (χ1n) is 8.78. The van der Waals surface area contributed by atoms with E-state index in [1.54, 1.807) is 10.6 Å². The summed E-state index contributed by atoms with van der Waals surface area (Å²) in [6.07, 6.45) is 3.61. The first kappa shape index (κ1) is 19.2. The smallest absolute Gasteiger partial charge is 0.255 e. The second kappa shape index (κ2) is 8.88. The van der Waals surface area contributed by atoms with Crippen LogP contribution >= 0.6 is 0 Å². The van der Waals surface area contributed by atoms with Gasteiger partial charge >= 0.3 is 0 Å². The quantitative estimate of drug-likeness (QED) is 0.500. The Balaban J connectivity index is 1.68. The number of rotatable bonds is 7. The lowest BCUT2D eigenvalue weighted by atomic mass is 10.1. The van der Waals surface area contributed by atoms with Crippen molar-refractivity contribution in [3.8, 4) is 11.4 Å². The van der Waals surface area contributed by atoms with Crippen LogP contribution in [0.15, 0.2) is 73.1 Å². The Kier molecular flexibility index (Phi) is 6.08. The Morgan fingerprint density at radius 1 is 1.00 bits per heavy atom. The van der Waals surface area contributed by atoms with Crippen LogP contribution in [0.2, 0.25) is 0 Å². The number of aromatic nitrogens is 1. The van der Waals surface area contributed by atoms with Crippen molar-refractivity contribution < 1.29 is 19.8 Å². The number of aromatic hydroxyl groups is 1. The molecule has 0 bridgehead atoms. The molecule has 144 valence electrons.